The molecule has 0 heterocycles. The number of carbonyl (C=O) groups is 2. The van der Waals surface area contributed by atoms with Gasteiger partial charge in [-0.1, -0.05) is 50.2 Å². The number of rotatable bonds is 6. The SMILES string of the molecule is CC(=O)Nc1ccc(/C(C)=N/OCC(=O)Nc2ccc(C(C)(C)C)cc2)cc1. The first kappa shape index (κ1) is 21.2. The zero-order chi connectivity index (χ0) is 20.7. The van der Waals surface area contributed by atoms with E-state index in [9.17, 15) is 9.59 Å². The Morgan fingerprint density at radius 3 is 1.96 bits per heavy atom. The van der Waals surface area contributed by atoms with Gasteiger partial charge in [-0.3, -0.25) is 9.59 Å². The van der Waals surface area contributed by atoms with E-state index in [1.165, 1.54) is 12.5 Å². The van der Waals surface area contributed by atoms with E-state index in [-0.39, 0.29) is 23.8 Å². The number of nitrogens with zero attached hydrogens (tertiary/aromatic N) is 1. The molecule has 2 N–H and O–H groups in total. The molecule has 148 valence electrons. The molecule has 2 aromatic rings. The molecule has 0 fully saturated rings. The van der Waals surface area contributed by atoms with Gasteiger partial charge in [0.25, 0.3) is 5.91 Å². The molecule has 2 amide bonds. The van der Waals surface area contributed by atoms with Crippen LogP contribution in [0.4, 0.5) is 11.4 Å². The Kier molecular flexibility index (Phi) is 6.93. The maximum Gasteiger partial charge on any atom is 0.265 e. The lowest BCUT2D eigenvalue weighted by Crippen LogP contribution is -2.17. The third kappa shape index (κ3) is 6.54. The van der Waals surface area contributed by atoms with Crippen molar-refractivity contribution < 1.29 is 14.4 Å². The van der Waals surface area contributed by atoms with Gasteiger partial charge in [-0.05, 0) is 47.7 Å². The minimum atomic E-state index is -0.277. The van der Waals surface area contributed by atoms with Crippen LogP contribution in [0.15, 0.2) is 53.7 Å². The van der Waals surface area contributed by atoms with E-state index < -0.39 is 0 Å². The first-order valence-electron chi connectivity index (χ1n) is 9.10. The van der Waals surface area contributed by atoms with Crippen LogP contribution in [0.5, 0.6) is 0 Å². The second kappa shape index (κ2) is 9.17. The van der Waals surface area contributed by atoms with Crippen LogP contribution in [-0.4, -0.2) is 24.1 Å². The first-order chi connectivity index (χ1) is 13.1. The summed E-state index contributed by atoms with van der Waals surface area (Å²) in [6.07, 6.45) is 0. The minimum absolute atomic E-state index is 0.0677. The van der Waals surface area contributed by atoms with Crippen LogP contribution in [0.25, 0.3) is 0 Å². The highest BCUT2D eigenvalue weighted by Gasteiger charge is 2.13. The summed E-state index contributed by atoms with van der Waals surface area (Å²) in [5.74, 6) is -0.401. The Morgan fingerprint density at radius 2 is 1.43 bits per heavy atom. The van der Waals surface area contributed by atoms with Gasteiger partial charge in [0.15, 0.2) is 6.61 Å². The molecule has 0 saturated heterocycles. The summed E-state index contributed by atoms with van der Waals surface area (Å²) in [7, 11) is 0. The second-order valence-corrected chi connectivity index (χ2v) is 7.58. The lowest BCUT2D eigenvalue weighted by atomic mass is 9.87. The largest absolute Gasteiger partial charge is 0.385 e. The molecule has 2 aromatic carbocycles. The zero-order valence-electron chi connectivity index (χ0n) is 17.0. The number of benzene rings is 2. The van der Waals surface area contributed by atoms with Crippen molar-refractivity contribution in [2.24, 2.45) is 5.16 Å². The molecule has 0 spiro atoms. The number of nitrogens with one attached hydrogen (secondary N) is 2. The molecule has 28 heavy (non-hydrogen) atoms. The number of anilines is 2. The maximum atomic E-state index is 12.0. The summed E-state index contributed by atoms with van der Waals surface area (Å²) in [5, 5.41) is 9.47. The zero-order valence-corrected chi connectivity index (χ0v) is 17.0. The van der Waals surface area contributed by atoms with Crippen molar-refractivity contribution in [2.75, 3.05) is 17.2 Å². The molecule has 0 bridgehead atoms. The van der Waals surface area contributed by atoms with Gasteiger partial charge in [-0.25, -0.2) is 0 Å². The Morgan fingerprint density at radius 1 is 0.893 bits per heavy atom. The topological polar surface area (TPSA) is 79.8 Å². The molecule has 0 radical (unpaired) electrons. The van der Waals surface area contributed by atoms with E-state index in [1.54, 1.807) is 19.1 Å². The van der Waals surface area contributed by atoms with Crippen molar-refractivity contribution in [3.8, 4) is 0 Å². The Bertz CT molecular complexity index is 848. The van der Waals surface area contributed by atoms with E-state index in [2.05, 4.69) is 36.6 Å². The Hall–Kier alpha value is -3.15. The summed E-state index contributed by atoms with van der Waals surface area (Å²) in [6, 6.07) is 15.0. The molecule has 0 aliphatic carbocycles. The van der Waals surface area contributed by atoms with Gasteiger partial charge in [0.05, 0.1) is 5.71 Å². The van der Waals surface area contributed by atoms with E-state index in [4.69, 9.17) is 4.84 Å². The number of oxime groups is 1. The van der Waals surface area contributed by atoms with Gasteiger partial charge in [-0.15, -0.1) is 0 Å². The average molecular weight is 381 g/mol. The number of carbonyl (C=O) groups excluding carboxylic acids is 2. The summed E-state index contributed by atoms with van der Waals surface area (Å²) in [4.78, 5) is 28.2. The third-order valence-corrected chi connectivity index (χ3v) is 4.05. The van der Waals surface area contributed by atoms with Crippen molar-refractivity contribution in [2.45, 2.75) is 40.0 Å². The standard InChI is InChI=1S/C22H27N3O3/c1-15(17-6-10-19(11-7-17)23-16(2)26)25-28-14-21(27)24-20-12-8-18(9-13-20)22(3,4)5/h6-13H,14H2,1-5H3,(H,23,26)(H,24,27)/b25-15+. The Balaban J connectivity index is 1.85. The van der Waals surface area contributed by atoms with Crippen molar-refractivity contribution in [1.82, 2.24) is 0 Å². The smallest absolute Gasteiger partial charge is 0.265 e. The van der Waals surface area contributed by atoms with Crippen LogP contribution in [0.1, 0.15) is 45.7 Å². The maximum absolute atomic E-state index is 12.0. The molecule has 2 rings (SSSR count). The highest BCUT2D eigenvalue weighted by Crippen LogP contribution is 2.23. The van der Waals surface area contributed by atoms with Gasteiger partial charge in [0.2, 0.25) is 5.91 Å². The van der Waals surface area contributed by atoms with E-state index in [1.807, 2.05) is 36.4 Å². The molecular weight excluding hydrogens is 354 g/mol. The number of hydrogen-bond donors (Lipinski definition) is 2. The normalized spacial score (nSPS) is 11.7. The predicted molar refractivity (Wildman–Crippen MR) is 113 cm³/mol. The molecule has 0 aromatic heterocycles. The van der Waals surface area contributed by atoms with Crippen LogP contribution in [-0.2, 0) is 19.8 Å². The molecule has 0 atom stereocenters. The van der Waals surface area contributed by atoms with Gasteiger partial charge in [-0.2, -0.15) is 0 Å². The van der Waals surface area contributed by atoms with Gasteiger partial charge in [0, 0.05) is 18.3 Å². The first-order valence-corrected chi connectivity index (χ1v) is 9.10. The highest BCUT2D eigenvalue weighted by atomic mass is 16.6. The summed E-state index contributed by atoms with van der Waals surface area (Å²) in [5.41, 5.74) is 4.17. The molecule has 0 aliphatic heterocycles. The van der Waals surface area contributed by atoms with E-state index in [0.29, 0.717) is 11.4 Å². The summed E-state index contributed by atoms with van der Waals surface area (Å²) in [6.45, 7) is 9.49. The molecule has 6 heteroatoms. The van der Waals surface area contributed by atoms with Crippen molar-refractivity contribution in [1.29, 1.82) is 0 Å². The monoisotopic (exact) mass is 381 g/mol. The van der Waals surface area contributed by atoms with Crippen LogP contribution in [0.2, 0.25) is 0 Å². The van der Waals surface area contributed by atoms with Crippen molar-refractivity contribution >= 4 is 28.9 Å². The van der Waals surface area contributed by atoms with Crippen LogP contribution >= 0.6 is 0 Å². The second-order valence-electron chi connectivity index (χ2n) is 7.58. The van der Waals surface area contributed by atoms with Crippen molar-refractivity contribution in [3.63, 3.8) is 0 Å². The fourth-order valence-corrected chi connectivity index (χ4v) is 2.49. The van der Waals surface area contributed by atoms with Crippen molar-refractivity contribution in [3.05, 3.63) is 59.7 Å². The summed E-state index contributed by atoms with van der Waals surface area (Å²) >= 11 is 0. The van der Waals surface area contributed by atoms with Gasteiger partial charge < -0.3 is 15.5 Å². The van der Waals surface area contributed by atoms with Crippen LogP contribution in [0, 0.1) is 0 Å². The Labute approximate surface area is 166 Å². The molecular formula is C22H27N3O3. The quantitative estimate of drug-likeness (QED) is 0.578. The van der Waals surface area contributed by atoms with Crippen LogP contribution in [0.3, 0.4) is 0 Å². The fraction of sp³-hybridized carbons (Fsp3) is 0.318. The van der Waals surface area contributed by atoms with Gasteiger partial charge in [0.1, 0.15) is 0 Å². The average Bonchev–Trinajstić information content (AvgIpc) is 2.61. The van der Waals surface area contributed by atoms with E-state index >= 15 is 0 Å². The summed E-state index contributed by atoms with van der Waals surface area (Å²) < 4.78 is 0. The molecule has 6 nitrogen and oxygen atoms in total. The molecule has 0 unspecified atom stereocenters. The lowest BCUT2D eigenvalue weighted by molar-refractivity contribution is -0.120. The van der Waals surface area contributed by atoms with Crippen LogP contribution < -0.4 is 10.6 Å². The predicted octanol–water partition coefficient (Wildman–Crippen LogP) is 4.32. The minimum Gasteiger partial charge on any atom is -0.385 e. The lowest BCUT2D eigenvalue weighted by Gasteiger charge is -2.19. The highest BCUT2D eigenvalue weighted by molar-refractivity contribution is 5.99. The number of hydrogen-bond acceptors (Lipinski definition) is 4. The van der Waals surface area contributed by atoms with E-state index in [0.717, 1.165) is 11.3 Å². The van der Waals surface area contributed by atoms with Gasteiger partial charge >= 0.3 is 0 Å². The molecule has 0 aliphatic rings. The number of amides is 2. The third-order valence-electron chi connectivity index (χ3n) is 4.05. The molecule has 0 saturated carbocycles. The fourth-order valence-electron chi connectivity index (χ4n) is 2.49.